The molecule has 2 aromatic carbocycles. The lowest BCUT2D eigenvalue weighted by Crippen LogP contribution is -3.14. The van der Waals surface area contributed by atoms with Crippen molar-refractivity contribution in [2.24, 2.45) is 0 Å². The second kappa shape index (κ2) is 8.60. The van der Waals surface area contributed by atoms with Crippen molar-refractivity contribution >= 4 is 17.9 Å². The van der Waals surface area contributed by atoms with Crippen molar-refractivity contribution in [2.45, 2.75) is 12.8 Å². The van der Waals surface area contributed by atoms with E-state index < -0.39 is 6.10 Å². The maximum Gasteiger partial charge on any atom is 0.292 e. The Hall–Kier alpha value is -3.04. The van der Waals surface area contributed by atoms with Crippen molar-refractivity contribution in [1.29, 1.82) is 0 Å². The molecule has 0 spiro atoms. The molecule has 0 amide bonds. The second-order valence-corrected chi connectivity index (χ2v) is 7.99. The number of hydrogen-bond donors (Lipinski definition) is 1. The monoisotopic (exact) mass is 441 g/mol. The standard InChI is InChI=1S/C22H24N4O4S/c1-27-17-7-3-2-6-16(17)25-12-10-24(11-13-25)15-26-22(31)30-21(23-26)20-14-28-18-8-4-5-9-19(18)29-20/h2-9,20H,10-15H2,1H3/p+1/t20-/m0/s1. The Balaban J connectivity index is 1.22. The van der Waals surface area contributed by atoms with Gasteiger partial charge in [0.1, 0.15) is 12.4 Å². The SMILES string of the molecule is COc1ccccc1N1CC[NH+](Cn2nc([C@@H]3COc4ccccc4O3)oc2=S)CC1. The lowest BCUT2D eigenvalue weighted by atomic mass is 10.2. The van der Waals surface area contributed by atoms with E-state index in [9.17, 15) is 0 Å². The van der Waals surface area contributed by atoms with E-state index in [4.69, 9.17) is 30.8 Å². The summed E-state index contributed by atoms with van der Waals surface area (Å²) in [6.45, 7) is 4.81. The molecule has 8 nitrogen and oxygen atoms in total. The van der Waals surface area contributed by atoms with Gasteiger partial charge in [-0.25, -0.2) is 0 Å². The molecule has 1 saturated heterocycles. The summed E-state index contributed by atoms with van der Waals surface area (Å²) in [6.07, 6.45) is -0.407. The number of anilines is 1. The quantitative estimate of drug-likeness (QED) is 0.608. The zero-order chi connectivity index (χ0) is 21.2. The normalized spacial score (nSPS) is 18.7. The number of hydrogen-bond acceptors (Lipinski definition) is 7. The highest BCUT2D eigenvalue weighted by atomic mass is 32.1. The molecule has 0 unspecified atom stereocenters. The first-order valence-corrected chi connectivity index (χ1v) is 10.8. The van der Waals surface area contributed by atoms with E-state index in [0.717, 1.165) is 43.4 Å². The summed E-state index contributed by atoms with van der Waals surface area (Å²) < 4.78 is 24.8. The topological polar surface area (TPSA) is 66.3 Å². The van der Waals surface area contributed by atoms with Gasteiger partial charge in [0, 0.05) is 0 Å². The highest BCUT2D eigenvalue weighted by molar-refractivity contribution is 7.71. The Bertz CT molecular complexity index is 1110. The molecule has 0 bridgehead atoms. The average Bonchev–Trinajstić information content (AvgIpc) is 3.19. The third-order valence-electron chi connectivity index (χ3n) is 5.68. The molecule has 2 aliphatic heterocycles. The maximum absolute atomic E-state index is 5.99. The molecular formula is C22H25N4O4S+. The van der Waals surface area contributed by atoms with Crippen LogP contribution >= 0.6 is 12.2 Å². The summed E-state index contributed by atoms with van der Waals surface area (Å²) in [5, 5.41) is 4.59. The maximum atomic E-state index is 5.99. The fourth-order valence-corrected chi connectivity index (χ4v) is 4.21. The molecule has 31 heavy (non-hydrogen) atoms. The molecule has 162 valence electrons. The van der Waals surface area contributed by atoms with Gasteiger partial charge >= 0.3 is 0 Å². The van der Waals surface area contributed by atoms with Crippen LogP contribution in [0, 0.1) is 4.84 Å². The fourth-order valence-electron chi connectivity index (χ4n) is 4.02. The van der Waals surface area contributed by atoms with Gasteiger partial charge in [0.25, 0.3) is 10.7 Å². The predicted octanol–water partition coefficient (Wildman–Crippen LogP) is 2.09. The largest absolute Gasteiger partial charge is 0.495 e. The number of rotatable bonds is 5. The van der Waals surface area contributed by atoms with Gasteiger partial charge in [-0.1, -0.05) is 24.3 Å². The third kappa shape index (κ3) is 4.11. The molecule has 9 heteroatoms. The van der Waals surface area contributed by atoms with Crippen molar-refractivity contribution in [1.82, 2.24) is 9.78 Å². The summed E-state index contributed by atoms with van der Waals surface area (Å²) >= 11 is 5.42. The molecule has 1 aromatic heterocycles. The van der Waals surface area contributed by atoms with E-state index in [0.29, 0.717) is 29.8 Å². The lowest BCUT2D eigenvalue weighted by molar-refractivity contribution is -0.924. The van der Waals surface area contributed by atoms with Crippen LogP contribution in [0.2, 0.25) is 0 Å². The van der Waals surface area contributed by atoms with Crippen molar-refractivity contribution in [3.63, 3.8) is 0 Å². The van der Waals surface area contributed by atoms with E-state index in [1.165, 1.54) is 4.90 Å². The minimum absolute atomic E-state index is 0.344. The molecule has 5 rings (SSSR count). The number of benzene rings is 2. The van der Waals surface area contributed by atoms with Crippen molar-refractivity contribution in [2.75, 3.05) is 44.8 Å². The number of nitrogens with zero attached hydrogens (tertiary/aromatic N) is 3. The van der Waals surface area contributed by atoms with Crippen molar-refractivity contribution in [3.05, 3.63) is 59.3 Å². The minimum atomic E-state index is -0.407. The Kier molecular flexibility index (Phi) is 5.52. The van der Waals surface area contributed by atoms with E-state index in [2.05, 4.69) is 16.1 Å². The number of nitrogens with one attached hydrogen (secondary N) is 1. The van der Waals surface area contributed by atoms with Crippen molar-refractivity contribution in [3.8, 4) is 17.2 Å². The molecule has 1 atom stereocenters. The number of methoxy groups -OCH3 is 1. The Labute approximate surface area is 185 Å². The first kappa shape index (κ1) is 19.9. The van der Waals surface area contributed by atoms with E-state index in [1.54, 1.807) is 11.8 Å². The molecular weight excluding hydrogens is 416 g/mol. The second-order valence-electron chi connectivity index (χ2n) is 7.64. The zero-order valence-electron chi connectivity index (χ0n) is 17.3. The van der Waals surface area contributed by atoms with Crippen LogP contribution in [0.25, 0.3) is 0 Å². The highest BCUT2D eigenvalue weighted by Gasteiger charge is 2.28. The molecule has 0 radical (unpaired) electrons. The molecule has 2 aliphatic rings. The molecule has 0 saturated carbocycles. The Morgan fingerprint density at radius 1 is 1.10 bits per heavy atom. The van der Waals surface area contributed by atoms with Crippen LogP contribution in [-0.4, -0.2) is 49.7 Å². The van der Waals surface area contributed by atoms with Gasteiger partial charge in [-0.3, -0.25) is 0 Å². The van der Waals surface area contributed by atoms with Crippen LogP contribution in [0.15, 0.2) is 52.9 Å². The van der Waals surface area contributed by atoms with Crippen molar-refractivity contribution < 1.29 is 23.5 Å². The van der Waals surface area contributed by atoms with Crippen LogP contribution in [-0.2, 0) is 6.67 Å². The lowest BCUT2D eigenvalue weighted by Gasteiger charge is -2.34. The highest BCUT2D eigenvalue weighted by Crippen LogP contribution is 2.35. The van der Waals surface area contributed by atoms with Gasteiger partial charge in [0.15, 0.2) is 18.2 Å². The van der Waals surface area contributed by atoms with E-state index in [-0.39, 0.29) is 0 Å². The fraction of sp³-hybridized carbons (Fsp3) is 0.364. The number of para-hydroxylation sites is 4. The van der Waals surface area contributed by atoms with Crippen LogP contribution in [0.1, 0.15) is 12.0 Å². The average molecular weight is 442 g/mol. The number of ether oxygens (including phenoxy) is 3. The number of fused-ring (bicyclic) bond motifs is 1. The summed E-state index contributed by atoms with van der Waals surface area (Å²) in [5.41, 5.74) is 1.14. The van der Waals surface area contributed by atoms with Gasteiger partial charge in [0.2, 0.25) is 6.10 Å². The van der Waals surface area contributed by atoms with Gasteiger partial charge in [-0.2, -0.15) is 4.68 Å². The number of piperazine rings is 1. The third-order valence-corrected chi connectivity index (χ3v) is 5.97. The minimum Gasteiger partial charge on any atom is -0.495 e. The van der Waals surface area contributed by atoms with Gasteiger partial charge in [-0.05, 0) is 36.5 Å². The smallest absolute Gasteiger partial charge is 0.292 e. The zero-order valence-corrected chi connectivity index (χ0v) is 18.1. The van der Waals surface area contributed by atoms with E-state index >= 15 is 0 Å². The molecule has 1 fully saturated rings. The molecule has 3 heterocycles. The summed E-state index contributed by atoms with van der Waals surface area (Å²) in [4.78, 5) is 4.12. The van der Waals surface area contributed by atoms with Crippen LogP contribution in [0.3, 0.4) is 0 Å². The number of aromatic nitrogens is 2. The molecule has 3 aromatic rings. The summed E-state index contributed by atoms with van der Waals surface area (Å²) in [5.74, 6) is 2.78. The van der Waals surface area contributed by atoms with Gasteiger partial charge in [0.05, 0.1) is 39.0 Å². The van der Waals surface area contributed by atoms with Gasteiger partial charge in [-0.15, -0.1) is 5.10 Å². The first-order chi connectivity index (χ1) is 15.2. The van der Waals surface area contributed by atoms with Crippen LogP contribution in [0.5, 0.6) is 17.2 Å². The van der Waals surface area contributed by atoms with E-state index in [1.807, 2.05) is 42.5 Å². The Morgan fingerprint density at radius 2 is 1.84 bits per heavy atom. The summed E-state index contributed by atoms with van der Waals surface area (Å²) in [6, 6.07) is 15.7. The Morgan fingerprint density at radius 3 is 2.65 bits per heavy atom. The van der Waals surface area contributed by atoms with Gasteiger partial charge < -0.3 is 28.4 Å². The summed E-state index contributed by atoms with van der Waals surface area (Å²) in [7, 11) is 1.71. The number of quaternary nitrogens is 1. The predicted molar refractivity (Wildman–Crippen MR) is 117 cm³/mol. The van der Waals surface area contributed by atoms with Crippen LogP contribution in [0.4, 0.5) is 5.69 Å². The first-order valence-electron chi connectivity index (χ1n) is 10.4. The molecule has 1 N–H and O–H groups in total. The molecule has 0 aliphatic carbocycles. The van der Waals surface area contributed by atoms with Crippen LogP contribution < -0.4 is 24.0 Å².